The first-order valence-corrected chi connectivity index (χ1v) is 11.2. The van der Waals surface area contributed by atoms with Crippen LogP contribution in [-0.4, -0.2) is 36.1 Å². The number of ether oxygens (including phenoxy) is 2. The van der Waals surface area contributed by atoms with Crippen molar-refractivity contribution in [3.8, 4) is 16.9 Å². The number of likely N-dealkylation sites (tertiary alicyclic amines) is 1. The van der Waals surface area contributed by atoms with Crippen LogP contribution in [0.3, 0.4) is 0 Å². The summed E-state index contributed by atoms with van der Waals surface area (Å²) in [6.45, 7) is 1.15. The monoisotopic (exact) mass is 442 g/mol. The highest BCUT2D eigenvalue weighted by Gasteiger charge is 2.33. The molecule has 33 heavy (non-hydrogen) atoms. The quantitative estimate of drug-likeness (QED) is 0.384. The van der Waals surface area contributed by atoms with Gasteiger partial charge < -0.3 is 18.8 Å². The number of carbonyl (C=O) groups excluding carboxylic acids is 1. The van der Waals surface area contributed by atoms with Crippen LogP contribution < -0.4 is 4.74 Å². The molecule has 6 nitrogen and oxygen atoms in total. The Labute approximate surface area is 192 Å². The summed E-state index contributed by atoms with van der Waals surface area (Å²) < 4.78 is 17.2. The molecule has 0 N–H and O–H groups in total. The van der Waals surface area contributed by atoms with Gasteiger partial charge in [0.1, 0.15) is 23.9 Å². The number of fused-ring (bicyclic) bond motifs is 1. The summed E-state index contributed by atoms with van der Waals surface area (Å²) in [6.07, 6.45) is 1.75. The molecule has 6 heteroatoms. The summed E-state index contributed by atoms with van der Waals surface area (Å²) in [7, 11) is 1.67. The van der Waals surface area contributed by atoms with Crippen LogP contribution in [0.15, 0.2) is 77.2 Å². The third kappa shape index (κ3) is 4.47. The molecular formula is C27H26N2O4. The number of hydrogen-bond acceptors (Lipinski definition) is 5. The van der Waals surface area contributed by atoms with Crippen molar-refractivity contribution in [2.75, 3.05) is 20.3 Å². The second-order valence-corrected chi connectivity index (χ2v) is 8.16. The zero-order valence-electron chi connectivity index (χ0n) is 18.6. The van der Waals surface area contributed by atoms with Crippen LogP contribution in [0, 0.1) is 0 Å². The first-order chi connectivity index (χ1) is 16.2. The lowest BCUT2D eigenvalue weighted by atomic mass is 10.0. The Morgan fingerprint density at radius 2 is 1.91 bits per heavy atom. The van der Waals surface area contributed by atoms with Gasteiger partial charge in [0.05, 0.1) is 13.7 Å². The molecule has 0 spiro atoms. The van der Waals surface area contributed by atoms with Gasteiger partial charge in [-0.25, -0.2) is 4.98 Å². The number of nitrogens with zero attached hydrogens (tertiary/aromatic N) is 2. The maximum absolute atomic E-state index is 12.9. The summed E-state index contributed by atoms with van der Waals surface area (Å²) in [5, 5.41) is 0. The van der Waals surface area contributed by atoms with Crippen molar-refractivity contribution in [1.82, 2.24) is 9.88 Å². The zero-order chi connectivity index (χ0) is 22.6. The van der Waals surface area contributed by atoms with Crippen LogP contribution in [0.5, 0.6) is 5.75 Å². The predicted octanol–water partition coefficient (Wildman–Crippen LogP) is 5.38. The molecule has 4 aromatic rings. The average molecular weight is 443 g/mol. The standard InChI is InChI=1S/C27H26N2O4/c1-31-24-12-6-5-10-21(24)20-13-14-25-22(16-20)28-27(33-25)23-11-7-15-29(23)26(30)18-32-17-19-8-3-2-4-9-19/h2-6,8-10,12-14,16,23H,7,11,15,17-18H2,1H3. The average Bonchev–Trinajstić information content (AvgIpc) is 3.51. The number of aromatic nitrogens is 1. The second-order valence-electron chi connectivity index (χ2n) is 8.16. The highest BCUT2D eigenvalue weighted by molar-refractivity contribution is 5.82. The van der Waals surface area contributed by atoms with E-state index < -0.39 is 0 Å². The molecular weight excluding hydrogens is 416 g/mol. The van der Waals surface area contributed by atoms with E-state index in [1.807, 2.05) is 77.7 Å². The molecule has 0 bridgehead atoms. The molecule has 0 saturated carbocycles. The van der Waals surface area contributed by atoms with Crippen molar-refractivity contribution < 1.29 is 18.7 Å². The number of para-hydroxylation sites is 1. The molecule has 1 aliphatic heterocycles. The zero-order valence-corrected chi connectivity index (χ0v) is 18.6. The molecule has 1 atom stereocenters. The molecule has 1 fully saturated rings. The molecule has 168 valence electrons. The number of amides is 1. The highest BCUT2D eigenvalue weighted by Crippen LogP contribution is 2.36. The molecule has 0 radical (unpaired) electrons. The summed E-state index contributed by atoms with van der Waals surface area (Å²) in [5.41, 5.74) is 4.54. The Hall–Kier alpha value is -3.64. The van der Waals surface area contributed by atoms with E-state index in [0.717, 1.165) is 40.8 Å². The number of hydrogen-bond donors (Lipinski definition) is 0. The van der Waals surface area contributed by atoms with Crippen LogP contribution in [0.25, 0.3) is 22.2 Å². The fourth-order valence-corrected chi connectivity index (χ4v) is 4.37. The minimum Gasteiger partial charge on any atom is -0.496 e. The molecule has 0 aliphatic carbocycles. The Balaban J connectivity index is 1.32. The van der Waals surface area contributed by atoms with Gasteiger partial charge in [0.2, 0.25) is 11.8 Å². The lowest BCUT2D eigenvalue weighted by Crippen LogP contribution is -2.33. The third-order valence-electron chi connectivity index (χ3n) is 6.02. The van der Waals surface area contributed by atoms with E-state index in [2.05, 4.69) is 0 Å². The normalized spacial score (nSPS) is 15.8. The van der Waals surface area contributed by atoms with Crippen molar-refractivity contribution in [2.24, 2.45) is 0 Å². The Morgan fingerprint density at radius 3 is 2.76 bits per heavy atom. The summed E-state index contributed by atoms with van der Waals surface area (Å²) >= 11 is 0. The van der Waals surface area contributed by atoms with E-state index in [-0.39, 0.29) is 18.6 Å². The van der Waals surface area contributed by atoms with Gasteiger partial charge in [-0.1, -0.05) is 54.6 Å². The smallest absolute Gasteiger partial charge is 0.249 e. The topological polar surface area (TPSA) is 64.8 Å². The number of carbonyl (C=O) groups is 1. The van der Waals surface area contributed by atoms with Crippen LogP contribution in [0.2, 0.25) is 0 Å². The predicted molar refractivity (Wildman–Crippen MR) is 126 cm³/mol. The van der Waals surface area contributed by atoms with E-state index in [0.29, 0.717) is 24.6 Å². The summed E-state index contributed by atoms with van der Waals surface area (Å²) in [6, 6.07) is 23.5. The van der Waals surface area contributed by atoms with E-state index in [1.165, 1.54) is 0 Å². The third-order valence-corrected chi connectivity index (χ3v) is 6.02. The fourth-order valence-electron chi connectivity index (χ4n) is 4.37. The number of rotatable bonds is 7. The number of benzene rings is 3. The van der Waals surface area contributed by atoms with Gasteiger partial charge in [0, 0.05) is 12.1 Å². The lowest BCUT2D eigenvalue weighted by Gasteiger charge is -2.22. The first-order valence-electron chi connectivity index (χ1n) is 11.2. The molecule has 3 aromatic carbocycles. The molecule has 1 amide bonds. The van der Waals surface area contributed by atoms with Crippen LogP contribution >= 0.6 is 0 Å². The van der Waals surface area contributed by atoms with Gasteiger partial charge in [-0.3, -0.25) is 4.79 Å². The SMILES string of the molecule is COc1ccccc1-c1ccc2oc(C3CCCN3C(=O)COCc3ccccc3)nc2c1. The van der Waals surface area contributed by atoms with Gasteiger partial charge in [-0.2, -0.15) is 0 Å². The maximum atomic E-state index is 12.9. The van der Waals surface area contributed by atoms with E-state index in [4.69, 9.17) is 18.9 Å². The van der Waals surface area contributed by atoms with Crippen molar-refractivity contribution in [3.63, 3.8) is 0 Å². The molecule has 1 aliphatic rings. The van der Waals surface area contributed by atoms with E-state index in [1.54, 1.807) is 7.11 Å². The van der Waals surface area contributed by atoms with Crippen molar-refractivity contribution in [1.29, 1.82) is 0 Å². The Bertz CT molecular complexity index is 1250. The van der Waals surface area contributed by atoms with Crippen LogP contribution in [0.4, 0.5) is 0 Å². The van der Waals surface area contributed by atoms with Gasteiger partial charge in [0.15, 0.2) is 5.58 Å². The Morgan fingerprint density at radius 1 is 1.09 bits per heavy atom. The second kappa shape index (κ2) is 9.46. The van der Waals surface area contributed by atoms with Crippen molar-refractivity contribution in [2.45, 2.75) is 25.5 Å². The van der Waals surface area contributed by atoms with Crippen LogP contribution in [0.1, 0.15) is 30.3 Å². The molecule has 1 unspecified atom stereocenters. The number of oxazole rings is 1. The maximum Gasteiger partial charge on any atom is 0.249 e. The van der Waals surface area contributed by atoms with Crippen molar-refractivity contribution >= 4 is 17.0 Å². The van der Waals surface area contributed by atoms with Gasteiger partial charge in [0.25, 0.3) is 0 Å². The number of methoxy groups -OCH3 is 1. The van der Waals surface area contributed by atoms with Gasteiger partial charge >= 0.3 is 0 Å². The highest BCUT2D eigenvalue weighted by atomic mass is 16.5. The largest absolute Gasteiger partial charge is 0.496 e. The molecule has 1 aromatic heterocycles. The molecule has 5 rings (SSSR count). The molecule has 1 saturated heterocycles. The van der Waals surface area contributed by atoms with Gasteiger partial charge in [-0.15, -0.1) is 0 Å². The fraction of sp³-hybridized carbons (Fsp3) is 0.259. The summed E-state index contributed by atoms with van der Waals surface area (Å²) in [5.74, 6) is 1.35. The molecule has 2 heterocycles. The minimum absolute atomic E-state index is 0.0367. The first kappa shape index (κ1) is 21.2. The summed E-state index contributed by atoms with van der Waals surface area (Å²) in [4.78, 5) is 19.4. The van der Waals surface area contributed by atoms with Crippen LogP contribution in [-0.2, 0) is 16.1 Å². The van der Waals surface area contributed by atoms with E-state index >= 15 is 0 Å². The van der Waals surface area contributed by atoms with Crippen molar-refractivity contribution in [3.05, 3.63) is 84.3 Å². The Kier molecular flexibility index (Phi) is 6.09. The van der Waals surface area contributed by atoms with E-state index in [9.17, 15) is 4.79 Å². The van der Waals surface area contributed by atoms with Gasteiger partial charge in [-0.05, 0) is 42.2 Å². The minimum atomic E-state index is -0.167. The lowest BCUT2D eigenvalue weighted by molar-refractivity contribution is -0.137.